The zero-order valence-corrected chi connectivity index (χ0v) is 23.1. The van der Waals surface area contributed by atoms with Gasteiger partial charge in [-0.25, -0.2) is 4.79 Å². The molecule has 8 heteroatoms. The first-order chi connectivity index (χ1) is 19.0. The maximum atomic E-state index is 12.9. The second-order valence-electron chi connectivity index (χ2n) is 11.9. The summed E-state index contributed by atoms with van der Waals surface area (Å²) in [6, 6.07) is 20.0. The zero-order chi connectivity index (χ0) is 28.5. The van der Waals surface area contributed by atoms with Crippen molar-refractivity contribution in [2.75, 3.05) is 12.4 Å². The van der Waals surface area contributed by atoms with Crippen LogP contribution < -0.4 is 11.1 Å². The van der Waals surface area contributed by atoms with Gasteiger partial charge in [0.2, 0.25) is 5.91 Å². The average Bonchev–Trinajstić information content (AvgIpc) is 2.92. The molecule has 2 aromatic carbocycles. The lowest BCUT2D eigenvalue weighted by Crippen LogP contribution is -2.58. The third-order valence-corrected chi connectivity index (χ3v) is 8.52. The Kier molecular flexibility index (Phi) is 7.66. The average molecular weight is 543 g/mol. The first-order valence-electron chi connectivity index (χ1n) is 14.0. The van der Waals surface area contributed by atoms with Gasteiger partial charge >= 0.3 is 6.09 Å². The van der Waals surface area contributed by atoms with Crippen LogP contribution in [0.2, 0.25) is 0 Å². The number of nitrogens with one attached hydrogen (secondary N) is 1. The van der Waals surface area contributed by atoms with Crippen LogP contribution in [0.1, 0.15) is 57.4 Å². The highest BCUT2D eigenvalue weighted by atomic mass is 16.4. The van der Waals surface area contributed by atoms with E-state index in [0.29, 0.717) is 24.9 Å². The number of amides is 2. The van der Waals surface area contributed by atoms with E-state index in [-0.39, 0.29) is 17.9 Å². The molecule has 5 N–H and O–H groups in total. The summed E-state index contributed by atoms with van der Waals surface area (Å²) in [4.78, 5) is 30.3. The Hall–Kier alpha value is -3.75. The summed E-state index contributed by atoms with van der Waals surface area (Å²) in [6.45, 7) is 1.81. The van der Waals surface area contributed by atoms with Gasteiger partial charge in [-0.15, -0.1) is 0 Å². The third kappa shape index (κ3) is 6.03. The van der Waals surface area contributed by atoms with E-state index < -0.39 is 17.2 Å². The van der Waals surface area contributed by atoms with Crippen molar-refractivity contribution in [3.8, 4) is 22.4 Å². The van der Waals surface area contributed by atoms with Crippen molar-refractivity contribution in [1.29, 1.82) is 0 Å². The standard InChI is InChI=1S/C32H38N4O4/c1-31(40)19-32(33,20-31)24-12-10-23(11-13-24)29-27(22-6-4-3-5-7-22)17-25(18-34-29)35-28(37)16-21-8-14-26(15-9-21)36(2)30(38)39/h3-7,10-13,17-18,21,26,40H,8-9,14-16,19-20,33H2,1-2H3,(H,35,37)(H,38,39). The van der Waals surface area contributed by atoms with E-state index in [1.165, 1.54) is 4.90 Å². The van der Waals surface area contributed by atoms with Crippen LogP contribution in [-0.2, 0) is 10.3 Å². The summed E-state index contributed by atoms with van der Waals surface area (Å²) in [7, 11) is 1.61. The smallest absolute Gasteiger partial charge is 0.407 e. The number of anilines is 1. The Morgan fingerprint density at radius 1 is 1.02 bits per heavy atom. The van der Waals surface area contributed by atoms with Crippen molar-refractivity contribution in [1.82, 2.24) is 9.88 Å². The summed E-state index contributed by atoms with van der Waals surface area (Å²) >= 11 is 0. The van der Waals surface area contributed by atoms with Crippen LogP contribution in [0.3, 0.4) is 0 Å². The predicted octanol–water partition coefficient (Wildman–Crippen LogP) is 5.61. The Morgan fingerprint density at radius 2 is 1.68 bits per heavy atom. The summed E-state index contributed by atoms with van der Waals surface area (Å²) in [5.41, 5.74) is 10.6. The summed E-state index contributed by atoms with van der Waals surface area (Å²) in [5.74, 6) is 0.181. The van der Waals surface area contributed by atoms with Crippen molar-refractivity contribution in [2.45, 2.75) is 69.1 Å². The van der Waals surface area contributed by atoms with E-state index in [9.17, 15) is 19.8 Å². The molecule has 2 fully saturated rings. The number of benzene rings is 2. The number of carbonyl (C=O) groups excluding carboxylic acids is 1. The Bertz CT molecular complexity index is 1360. The number of hydrogen-bond acceptors (Lipinski definition) is 5. The van der Waals surface area contributed by atoms with E-state index >= 15 is 0 Å². The van der Waals surface area contributed by atoms with Gasteiger partial charge in [0.1, 0.15) is 0 Å². The molecule has 2 saturated carbocycles. The number of carbonyl (C=O) groups is 2. The molecule has 0 spiro atoms. The molecular formula is C32H38N4O4. The highest BCUT2D eigenvalue weighted by Gasteiger charge is 2.49. The minimum absolute atomic E-state index is 0.0232. The lowest BCUT2D eigenvalue weighted by atomic mass is 9.63. The van der Waals surface area contributed by atoms with E-state index in [2.05, 4.69) is 5.32 Å². The molecule has 1 heterocycles. The molecule has 2 aliphatic rings. The molecule has 0 unspecified atom stereocenters. The molecule has 210 valence electrons. The highest BCUT2D eigenvalue weighted by Crippen LogP contribution is 2.46. The fourth-order valence-electron chi connectivity index (χ4n) is 6.44. The van der Waals surface area contributed by atoms with Crippen LogP contribution in [0.25, 0.3) is 22.4 Å². The molecule has 40 heavy (non-hydrogen) atoms. The number of pyridine rings is 1. The van der Waals surface area contributed by atoms with Crippen LogP contribution in [0.4, 0.5) is 10.5 Å². The Morgan fingerprint density at radius 3 is 2.27 bits per heavy atom. The number of carboxylic acid groups (broad SMARTS) is 1. The maximum absolute atomic E-state index is 12.9. The molecule has 2 aliphatic carbocycles. The van der Waals surface area contributed by atoms with E-state index in [4.69, 9.17) is 10.7 Å². The highest BCUT2D eigenvalue weighted by molar-refractivity contribution is 5.93. The van der Waals surface area contributed by atoms with Crippen LogP contribution >= 0.6 is 0 Å². The number of nitrogens with zero attached hydrogens (tertiary/aromatic N) is 2. The van der Waals surface area contributed by atoms with Gasteiger partial charge in [0, 0.05) is 36.2 Å². The zero-order valence-electron chi connectivity index (χ0n) is 23.1. The normalized spacial score (nSPS) is 26.0. The van der Waals surface area contributed by atoms with Crippen LogP contribution in [0.5, 0.6) is 0 Å². The van der Waals surface area contributed by atoms with Crippen molar-refractivity contribution in [2.24, 2.45) is 11.7 Å². The van der Waals surface area contributed by atoms with Gasteiger partial charge in [0.25, 0.3) is 0 Å². The van der Waals surface area contributed by atoms with Gasteiger partial charge in [0.05, 0.1) is 23.2 Å². The maximum Gasteiger partial charge on any atom is 0.407 e. The number of rotatable bonds is 7. The van der Waals surface area contributed by atoms with Crippen LogP contribution in [0, 0.1) is 5.92 Å². The molecule has 0 radical (unpaired) electrons. The Balaban J connectivity index is 1.30. The summed E-state index contributed by atoms with van der Waals surface area (Å²) < 4.78 is 0. The van der Waals surface area contributed by atoms with E-state index in [1.807, 2.05) is 67.6 Å². The van der Waals surface area contributed by atoms with Crippen LogP contribution in [0.15, 0.2) is 66.9 Å². The summed E-state index contributed by atoms with van der Waals surface area (Å²) in [6.07, 6.45) is 5.47. The largest absolute Gasteiger partial charge is 0.465 e. The number of hydrogen-bond donors (Lipinski definition) is 4. The quantitative estimate of drug-likeness (QED) is 0.307. The predicted molar refractivity (Wildman–Crippen MR) is 156 cm³/mol. The van der Waals surface area contributed by atoms with Crippen molar-refractivity contribution < 1.29 is 19.8 Å². The van der Waals surface area contributed by atoms with Gasteiger partial charge in [-0.3, -0.25) is 9.78 Å². The molecule has 0 bridgehead atoms. The third-order valence-electron chi connectivity index (χ3n) is 8.52. The Labute approximate surface area is 235 Å². The minimum Gasteiger partial charge on any atom is -0.465 e. The lowest BCUT2D eigenvalue weighted by Gasteiger charge is -2.49. The molecule has 0 aliphatic heterocycles. The minimum atomic E-state index is -0.904. The summed E-state index contributed by atoms with van der Waals surface area (Å²) in [5, 5.41) is 22.5. The molecule has 0 saturated heterocycles. The molecule has 5 rings (SSSR count). The SMILES string of the molecule is CN(C(=O)O)C1CCC(CC(=O)Nc2cnc(-c3ccc(C4(N)CC(C)(O)C4)cc3)c(-c3ccccc3)c2)CC1. The van der Waals surface area contributed by atoms with Crippen molar-refractivity contribution in [3.05, 3.63) is 72.4 Å². The molecule has 3 aromatic rings. The second-order valence-corrected chi connectivity index (χ2v) is 11.9. The van der Waals surface area contributed by atoms with Crippen LogP contribution in [-0.4, -0.2) is 50.8 Å². The van der Waals surface area contributed by atoms with Gasteiger partial charge in [-0.1, -0.05) is 54.6 Å². The van der Waals surface area contributed by atoms with Gasteiger partial charge in [-0.05, 0) is 68.6 Å². The molecule has 0 atom stereocenters. The van der Waals surface area contributed by atoms with Gasteiger partial charge in [-0.2, -0.15) is 0 Å². The molecular weight excluding hydrogens is 504 g/mol. The monoisotopic (exact) mass is 542 g/mol. The van der Waals surface area contributed by atoms with E-state index in [1.54, 1.807) is 13.2 Å². The van der Waals surface area contributed by atoms with Gasteiger partial charge in [0.15, 0.2) is 0 Å². The lowest BCUT2D eigenvalue weighted by molar-refractivity contribution is -0.117. The molecule has 1 aromatic heterocycles. The fraction of sp³-hybridized carbons (Fsp3) is 0.406. The van der Waals surface area contributed by atoms with E-state index in [0.717, 1.165) is 53.6 Å². The molecule has 2 amide bonds. The fourth-order valence-corrected chi connectivity index (χ4v) is 6.44. The first-order valence-corrected chi connectivity index (χ1v) is 14.0. The number of aliphatic hydroxyl groups is 1. The second kappa shape index (κ2) is 11.0. The first kappa shape index (κ1) is 27.8. The molecule has 8 nitrogen and oxygen atoms in total. The number of nitrogens with two attached hydrogens (primary N) is 1. The van der Waals surface area contributed by atoms with Crippen molar-refractivity contribution >= 4 is 17.7 Å². The van der Waals surface area contributed by atoms with Crippen molar-refractivity contribution in [3.63, 3.8) is 0 Å². The van der Waals surface area contributed by atoms with Gasteiger partial charge < -0.3 is 26.2 Å². The topological polar surface area (TPSA) is 129 Å². The number of aromatic nitrogens is 1.